The summed E-state index contributed by atoms with van der Waals surface area (Å²) in [4.78, 5) is 21.3. The molecule has 0 spiro atoms. The number of carbonyl (C=O) groups excluding carboxylic acids is 1. The van der Waals surface area contributed by atoms with E-state index in [1.807, 2.05) is 36.4 Å². The number of aliphatic hydroxyl groups excluding tert-OH is 1. The zero-order chi connectivity index (χ0) is 25.1. The minimum atomic E-state index is -0.874. The maximum atomic E-state index is 13.3. The Kier molecular flexibility index (Phi) is 7.66. The molecule has 3 atom stereocenters. The van der Waals surface area contributed by atoms with E-state index < -0.39 is 12.1 Å². The van der Waals surface area contributed by atoms with Gasteiger partial charge >= 0.3 is 0 Å². The van der Waals surface area contributed by atoms with Crippen LogP contribution >= 0.6 is 11.6 Å². The molecule has 2 aromatic rings. The summed E-state index contributed by atoms with van der Waals surface area (Å²) < 4.78 is 5.84. The molecular weight excluding hydrogens is 476 g/mol. The molecule has 1 amide bonds. The first-order chi connectivity index (χ1) is 17.5. The Bertz CT molecular complexity index is 1110. The highest BCUT2D eigenvalue weighted by atomic mass is 35.5. The quantitative estimate of drug-likeness (QED) is 0.485. The molecular formula is C28H33ClN4O3. The second-order valence-corrected chi connectivity index (χ2v) is 10.5. The predicted octanol–water partition coefficient (Wildman–Crippen LogP) is 4.57. The van der Waals surface area contributed by atoms with Crippen LogP contribution < -0.4 is 15.0 Å². The largest absolute Gasteiger partial charge is 0.489 e. The number of anilines is 1. The lowest BCUT2D eigenvalue weighted by atomic mass is 10.00. The Balaban J connectivity index is 1.25. The number of aliphatic hydroxyl groups is 1. The van der Waals surface area contributed by atoms with Gasteiger partial charge in [0.1, 0.15) is 11.9 Å². The van der Waals surface area contributed by atoms with Crippen LogP contribution in [0.5, 0.6) is 5.75 Å². The molecule has 0 bridgehead atoms. The van der Waals surface area contributed by atoms with Gasteiger partial charge in [-0.25, -0.2) is 4.85 Å². The zero-order valence-electron chi connectivity index (χ0n) is 20.4. The highest BCUT2D eigenvalue weighted by Gasteiger charge is 2.33. The molecule has 1 saturated carbocycles. The van der Waals surface area contributed by atoms with Gasteiger partial charge in [-0.15, -0.1) is 0 Å². The van der Waals surface area contributed by atoms with Crippen LogP contribution in [0.2, 0.25) is 5.02 Å². The summed E-state index contributed by atoms with van der Waals surface area (Å²) >= 11 is 6.47. The maximum absolute atomic E-state index is 13.3. The highest BCUT2D eigenvalue weighted by molar-refractivity contribution is 6.32. The Morgan fingerprint density at radius 1 is 1.14 bits per heavy atom. The average molecular weight is 509 g/mol. The number of nitrogens with zero attached hydrogens (tertiary/aromatic N) is 3. The third kappa shape index (κ3) is 5.95. The first-order valence-electron chi connectivity index (χ1n) is 12.9. The molecule has 2 heterocycles. The fourth-order valence-corrected chi connectivity index (χ4v) is 5.34. The molecule has 36 heavy (non-hydrogen) atoms. The summed E-state index contributed by atoms with van der Waals surface area (Å²) in [5.74, 6) is 0.459. The van der Waals surface area contributed by atoms with Crippen molar-refractivity contribution in [3.05, 3.63) is 64.5 Å². The van der Waals surface area contributed by atoms with Gasteiger partial charge in [-0.2, -0.15) is 0 Å². The number of amides is 1. The fourth-order valence-electron chi connectivity index (χ4n) is 5.11. The Morgan fingerprint density at radius 2 is 1.89 bits per heavy atom. The van der Waals surface area contributed by atoms with E-state index in [-0.39, 0.29) is 17.9 Å². The number of hydrogen-bond donors (Lipinski definition) is 2. The van der Waals surface area contributed by atoms with Crippen molar-refractivity contribution in [3.63, 3.8) is 0 Å². The van der Waals surface area contributed by atoms with Crippen LogP contribution in [-0.4, -0.2) is 60.8 Å². The van der Waals surface area contributed by atoms with Crippen LogP contribution in [0, 0.1) is 12.5 Å². The predicted molar refractivity (Wildman–Crippen MR) is 141 cm³/mol. The van der Waals surface area contributed by atoms with Gasteiger partial charge in [-0.1, -0.05) is 29.8 Å². The van der Waals surface area contributed by atoms with E-state index in [4.69, 9.17) is 22.9 Å². The van der Waals surface area contributed by atoms with E-state index >= 15 is 0 Å². The van der Waals surface area contributed by atoms with Crippen LogP contribution in [0.4, 0.5) is 11.4 Å². The summed E-state index contributed by atoms with van der Waals surface area (Å²) in [6.45, 7) is 11.1. The molecule has 5 rings (SSSR count). The number of nitrogens with one attached hydrogen (secondary N) is 1. The second-order valence-electron chi connectivity index (χ2n) is 10.1. The van der Waals surface area contributed by atoms with Crippen LogP contribution in [0.15, 0.2) is 42.5 Å². The van der Waals surface area contributed by atoms with Crippen molar-refractivity contribution in [1.82, 2.24) is 10.2 Å². The topological polar surface area (TPSA) is 69.4 Å². The minimum Gasteiger partial charge on any atom is -0.489 e. The second kappa shape index (κ2) is 11.1. The van der Waals surface area contributed by atoms with E-state index in [1.165, 1.54) is 0 Å². The normalized spacial score (nSPS) is 21.7. The van der Waals surface area contributed by atoms with Crippen molar-refractivity contribution in [1.29, 1.82) is 0 Å². The summed E-state index contributed by atoms with van der Waals surface area (Å²) in [6, 6.07) is 12.5. The first-order valence-corrected chi connectivity index (χ1v) is 13.3. The summed E-state index contributed by atoms with van der Waals surface area (Å²) in [6.07, 6.45) is 4.50. The monoisotopic (exact) mass is 508 g/mol. The molecule has 190 valence electrons. The SMILES string of the molecule is [C-]#[N+]c1ccc(N2CC[C@@H](C(=O)N[C@H](CN3CCCC3)[C@H](O)c3ccc(OC4CC4)c(Cl)c3)C2)cc1. The van der Waals surface area contributed by atoms with Gasteiger partial charge in [0, 0.05) is 25.3 Å². The molecule has 2 aliphatic heterocycles. The molecule has 0 aromatic heterocycles. The van der Waals surface area contributed by atoms with E-state index in [2.05, 4.69) is 20.0 Å². The first kappa shape index (κ1) is 24.9. The van der Waals surface area contributed by atoms with E-state index in [0.717, 1.165) is 57.4 Å². The number of carbonyl (C=O) groups is 1. The molecule has 1 aliphatic carbocycles. The number of rotatable bonds is 9. The third-order valence-electron chi connectivity index (χ3n) is 7.38. The molecule has 0 radical (unpaired) electrons. The van der Waals surface area contributed by atoms with Crippen molar-refractivity contribution >= 4 is 28.9 Å². The number of halogens is 1. The number of benzene rings is 2. The van der Waals surface area contributed by atoms with E-state index in [0.29, 0.717) is 35.1 Å². The molecule has 2 aromatic carbocycles. The van der Waals surface area contributed by atoms with Crippen LogP contribution in [0.1, 0.15) is 43.8 Å². The van der Waals surface area contributed by atoms with E-state index in [1.54, 1.807) is 6.07 Å². The third-order valence-corrected chi connectivity index (χ3v) is 7.68. The lowest BCUT2D eigenvalue weighted by molar-refractivity contribution is -0.126. The van der Waals surface area contributed by atoms with Gasteiger partial charge in [0.15, 0.2) is 5.69 Å². The van der Waals surface area contributed by atoms with Crippen molar-refractivity contribution in [2.24, 2.45) is 5.92 Å². The van der Waals surface area contributed by atoms with Crippen LogP contribution in [-0.2, 0) is 4.79 Å². The van der Waals surface area contributed by atoms with Crippen molar-refractivity contribution in [2.75, 3.05) is 37.6 Å². The summed E-state index contributed by atoms with van der Waals surface area (Å²) in [7, 11) is 0. The molecule has 8 heteroatoms. The maximum Gasteiger partial charge on any atom is 0.225 e. The Hall–Kier alpha value is -2.79. The standard InChI is InChI=1S/C28H33ClN4O3/c1-30-21-5-7-22(8-6-21)33-15-12-20(17-33)28(35)31-25(18-32-13-2-3-14-32)27(34)19-4-11-26(24(29)16-19)36-23-9-10-23/h4-8,11,16,20,23,25,27,34H,2-3,9-10,12-15,17-18H2,(H,31,35)/t20-,25-,27-/m1/s1. The molecule has 0 unspecified atom stereocenters. The van der Waals surface area contributed by atoms with Crippen LogP contribution in [0.3, 0.4) is 0 Å². The lowest BCUT2D eigenvalue weighted by Gasteiger charge is -2.30. The fraction of sp³-hybridized carbons (Fsp3) is 0.500. The van der Waals surface area contributed by atoms with Gasteiger partial charge < -0.3 is 25.0 Å². The molecule has 7 nitrogen and oxygen atoms in total. The number of ether oxygens (including phenoxy) is 1. The van der Waals surface area contributed by atoms with Crippen molar-refractivity contribution < 1.29 is 14.6 Å². The van der Waals surface area contributed by atoms with Crippen LogP contribution in [0.25, 0.3) is 4.85 Å². The minimum absolute atomic E-state index is 0.0293. The smallest absolute Gasteiger partial charge is 0.225 e. The molecule has 2 N–H and O–H groups in total. The van der Waals surface area contributed by atoms with Crippen molar-refractivity contribution in [2.45, 2.75) is 50.4 Å². The lowest BCUT2D eigenvalue weighted by Crippen LogP contribution is -2.48. The van der Waals surface area contributed by atoms with Gasteiger partial charge in [-0.05, 0) is 75.0 Å². The van der Waals surface area contributed by atoms with Gasteiger partial charge in [-0.3, -0.25) is 4.79 Å². The van der Waals surface area contributed by atoms with Crippen molar-refractivity contribution in [3.8, 4) is 5.75 Å². The number of hydrogen-bond acceptors (Lipinski definition) is 5. The average Bonchev–Trinajstić information content (AvgIpc) is 3.33. The molecule has 3 aliphatic rings. The summed E-state index contributed by atoms with van der Waals surface area (Å²) in [5.41, 5.74) is 2.31. The summed E-state index contributed by atoms with van der Waals surface area (Å²) in [5, 5.41) is 15.0. The van der Waals surface area contributed by atoms with Gasteiger partial charge in [0.2, 0.25) is 5.91 Å². The number of likely N-dealkylation sites (tertiary alicyclic amines) is 1. The Labute approximate surface area is 217 Å². The highest BCUT2D eigenvalue weighted by Crippen LogP contribution is 2.34. The van der Waals surface area contributed by atoms with Gasteiger partial charge in [0.05, 0.1) is 29.7 Å². The van der Waals surface area contributed by atoms with Gasteiger partial charge in [0.25, 0.3) is 0 Å². The molecule has 3 fully saturated rings. The van der Waals surface area contributed by atoms with E-state index in [9.17, 15) is 9.90 Å². The molecule has 2 saturated heterocycles. The zero-order valence-corrected chi connectivity index (χ0v) is 21.2. The Morgan fingerprint density at radius 3 is 2.56 bits per heavy atom.